The Labute approximate surface area is 188 Å². The number of halogens is 3. The van der Waals surface area contributed by atoms with Gasteiger partial charge in [0.05, 0.1) is 11.3 Å². The number of rotatable bonds is 5. The number of carbonyl (C=O) groups excluding carboxylic acids is 1. The van der Waals surface area contributed by atoms with Crippen LogP contribution < -0.4 is 5.32 Å². The molecule has 1 N–H and O–H groups in total. The molecule has 1 atom stereocenters. The second-order valence-electron chi connectivity index (χ2n) is 8.72. The Bertz CT molecular complexity index is 1150. The van der Waals surface area contributed by atoms with Gasteiger partial charge in [-0.15, -0.1) is 0 Å². The van der Waals surface area contributed by atoms with Crippen LogP contribution in [0.1, 0.15) is 35.3 Å². The van der Waals surface area contributed by atoms with E-state index >= 15 is 0 Å². The normalized spacial score (nSPS) is 19.0. The van der Waals surface area contributed by atoms with Crippen LogP contribution in [0.5, 0.6) is 0 Å². The molecule has 1 saturated carbocycles. The molecule has 3 aromatic heterocycles. The first-order valence-corrected chi connectivity index (χ1v) is 10.8. The van der Waals surface area contributed by atoms with Crippen molar-refractivity contribution in [3.63, 3.8) is 0 Å². The van der Waals surface area contributed by atoms with Crippen LogP contribution in [0.3, 0.4) is 0 Å². The Morgan fingerprint density at radius 2 is 1.88 bits per heavy atom. The van der Waals surface area contributed by atoms with Gasteiger partial charge in [0.2, 0.25) is 0 Å². The predicted molar refractivity (Wildman–Crippen MR) is 116 cm³/mol. The molecule has 1 aliphatic carbocycles. The number of hydrogen-bond acceptors (Lipinski definition) is 5. The smallest absolute Gasteiger partial charge is 0.368 e. The third-order valence-corrected chi connectivity index (χ3v) is 6.39. The summed E-state index contributed by atoms with van der Waals surface area (Å²) >= 11 is 0. The summed E-state index contributed by atoms with van der Waals surface area (Å²) in [5, 5.41) is 3.11. The molecule has 2 fully saturated rings. The molecule has 4 heterocycles. The van der Waals surface area contributed by atoms with Gasteiger partial charge in [-0.25, -0.2) is 4.98 Å². The highest BCUT2D eigenvalue weighted by molar-refractivity contribution is 5.99. The number of likely N-dealkylation sites (tertiary alicyclic amines) is 1. The molecule has 0 unspecified atom stereocenters. The van der Waals surface area contributed by atoms with Crippen molar-refractivity contribution in [2.45, 2.75) is 31.5 Å². The molecule has 0 bridgehead atoms. The van der Waals surface area contributed by atoms with Gasteiger partial charge >= 0.3 is 6.18 Å². The maximum Gasteiger partial charge on any atom is 0.417 e. The van der Waals surface area contributed by atoms with Crippen LogP contribution in [-0.2, 0) is 6.18 Å². The van der Waals surface area contributed by atoms with Gasteiger partial charge in [0.25, 0.3) is 5.91 Å². The largest absolute Gasteiger partial charge is 0.417 e. The number of hydrogen-bond donors (Lipinski definition) is 1. The van der Waals surface area contributed by atoms with Crippen LogP contribution in [0.25, 0.3) is 11.3 Å². The van der Waals surface area contributed by atoms with E-state index in [2.05, 4.69) is 20.3 Å². The van der Waals surface area contributed by atoms with Gasteiger partial charge in [0.1, 0.15) is 11.5 Å². The first kappa shape index (κ1) is 21.4. The number of anilines is 1. The predicted octanol–water partition coefficient (Wildman–Crippen LogP) is 4.66. The average Bonchev–Trinajstić information content (AvgIpc) is 3.48. The highest BCUT2D eigenvalue weighted by Gasteiger charge is 2.53. The molecule has 6 nitrogen and oxygen atoms in total. The second kappa shape index (κ2) is 8.13. The van der Waals surface area contributed by atoms with Gasteiger partial charge in [-0.3, -0.25) is 14.8 Å². The lowest BCUT2D eigenvalue weighted by Gasteiger charge is -2.25. The number of amides is 1. The average molecular weight is 453 g/mol. The van der Waals surface area contributed by atoms with Crippen molar-refractivity contribution < 1.29 is 18.0 Å². The third-order valence-electron chi connectivity index (χ3n) is 6.39. The van der Waals surface area contributed by atoms with Crippen molar-refractivity contribution in [3.8, 4) is 11.3 Å². The van der Waals surface area contributed by atoms with E-state index < -0.39 is 11.7 Å². The summed E-state index contributed by atoms with van der Waals surface area (Å²) in [5.74, 6) is 0.186. The fourth-order valence-corrected chi connectivity index (χ4v) is 4.45. The lowest BCUT2D eigenvalue weighted by Crippen LogP contribution is -2.40. The Morgan fingerprint density at radius 1 is 1.06 bits per heavy atom. The van der Waals surface area contributed by atoms with E-state index in [1.54, 1.807) is 18.5 Å². The van der Waals surface area contributed by atoms with Gasteiger partial charge < -0.3 is 10.2 Å². The van der Waals surface area contributed by atoms with Gasteiger partial charge in [0, 0.05) is 43.3 Å². The lowest BCUT2D eigenvalue weighted by molar-refractivity contribution is -0.137. The fourth-order valence-electron chi connectivity index (χ4n) is 4.45. The molecule has 2 aliphatic rings. The maximum absolute atomic E-state index is 13.6. The summed E-state index contributed by atoms with van der Waals surface area (Å²) in [6.07, 6.45) is 2.65. The molecular weight excluding hydrogens is 431 g/mol. The molecule has 1 spiro atoms. The number of nitrogens with zero attached hydrogens (tertiary/aromatic N) is 4. The van der Waals surface area contributed by atoms with Crippen molar-refractivity contribution in [1.29, 1.82) is 0 Å². The van der Waals surface area contributed by atoms with Crippen LogP contribution in [-0.4, -0.2) is 44.9 Å². The molecule has 3 aromatic rings. The SMILES string of the molecule is O=C(c1ncccc1-c1ccccn1)N1CC2(CC2)C[C@H]1CNc1ccc(C(F)(F)F)cn1. The van der Waals surface area contributed by atoms with E-state index in [4.69, 9.17) is 0 Å². The van der Waals surface area contributed by atoms with Crippen LogP contribution in [0.15, 0.2) is 61.1 Å². The van der Waals surface area contributed by atoms with Crippen LogP contribution in [0.4, 0.5) is 19.0 Å². The van der Waals surface area contributed by atoms with Gasteiger partial charge in [-0.05, 0) is 61.1 Å². The molecule has 33 heavy (non-hydrogen) atoms. The molecule has 1 saturated heterocycles. The lowest BCUT2D eigenvalue weighted by atomic mass is 10.0. The van der Waals surface area contributed by atoms with Crippen molar-refractivity contribution in [3.05, 3.63) is 72.3 Å². The Balaban J connectivity index is 1.35. The molecule has 0 radical (unpaired) electrons. The quantitative estimate of drug-likeness (QED) is 0.608. The Kier molecular flexibility index (Phi) is 5.26. The van der Waals surface area contributed by atoms with E-state index in [-0.39, 0.29) is 17.4 Å². The van der Waals surface area contributed by atoms with Crippen molar-refractivity contribution in [2.24, 2.45) is 5.41 Å². The summed E-state index contributed by atoms with van der Waals surface area (Å²) < 4.78 is 38.4. The van der Waals surface area contributed by atoms with Gasteiger partial charge in [-0.2, -0.15) is 13.2 Å². The standard InChI is InChI=1S/C24H22F3N5O/c25-24(26,27)16-6-7-20(30-13-16)31-14-17-12-23(8-9-23)15-32(17)22(33)21-18(4-3-11-29-21)19-5-1-2-10-28-19/h1-7,10-11,13,17H,8-9,12,14-15H2,(H,30,31)/t17-/m0/s1. The summed E-state index contributed by atoms with van der Waals surface area (Å²) in [4.78, 5) is 28.1. The topological polar surface area (TPSA) is 71.0 Å². The maximum atomic E-state index is 13.6. The Hall–Kier alpha value is -3.49. The minimum Gasteiger partial charge on any atom is -0.368 e. The molecular formula is C24H22F3N5O. The van der Waals surface area contributed by atoms with E-state index in [1.807, 2.05) is 29.2 Å². The minimum absolute atomic E-state index is 0.109. The van der Waals surface area contributed by atoms with Crippen LogP contribution >= 0.6 is 0 Å². The molecule has 170 valence electrons. The van der Waals surface area contributed by atoms with E-state index in [0.717, 1.165) is 31.5 Å². The summed E-state index contributed by atoms with van der Waals surface area (Å²) in [6.45, 7) is 1.05. The first-order valence-electron chi connectivity index (χ1n) is 10.8. The fraction of sp³-hybridized carbons (Fsp3) is 0.333. The highest BCUT2D eigenvalue weighted by atomic mass is 19.4. The van der Waals surface area contributed by atoms with Crippen LogP contribution in [0, 0.1) is 5.41 Å². The summed E-state index contributed by atoms with van der Waals surface area (Å²) in [6, 6.07) is 11.3. The van der Waals surface area contributed by atoms with Crippen molar-refractivity contribution in [1.82, 2.24) is 19.9 Å². The number of carbonyl (C=O) groups is 1. The molecule has 0 aromatic carbocycles. The second-order valence-corrected chi connectivity index (χ2v) is 8.72. The first-order chi connectivity index (χ1) is 15.8. The monoisotopic (exact) mass is 453 g/mol. The highest BCUT2D eigenvalue weighted by Crippen LogP contribution is 2.55. The third kappa shape index (κ3) is 4.40. The van der Waals surface area contributed by atoms with E-state index in [0.29, 0.717) is 35.9 Å². The Morgan fingerprint density at radius 3 is 2.55 bits per heavy atom. The van der Waals surface area contributed by atoms with Crippen LogP contribution in [0.2, 0.25) is 0 Å². The summed E-state index contributed by atoms with van der Waals surface area (Å²) in [5.41, 5.74) is 1.05. The van der Waals surface area contributed by atoms with Gasteiger partial charge in [0.15, 0.2) is 0 Å². The molecule has 9 heteroatoms. The zero-order valence-electron chi connectivity index (χ0n) is 17.7. The van der Waals surface area contributed by atoms with Crippen molar-refractivity contribution in [2.75, 3.05) is 18.4 Å². The number of nitrogens with one attached hydrogen (secondary N) is 1. The molecule has 5 rings (SSSR count). The number of alkyl halides is 3. The number of pyridine rings is 3. The zero-order valence-corrected chi connectivity index (χ0v) is 17.7. The van der Waals surface area contributed by atoms with Crippen molar-refractivity contribution >= 4 is 11.7 Å². The number of aromatic nitrogens is 3. The van der Waals surface area contributed by atoms with E-state index in [9.17, 15) is 18.0 Å². The zero-order chi connectivity index (χ0) is 23.1. The van der Waals surface area contributed by atoms with Gasteiger partial charge in [-0.1, -0.05) is 6.07 Å². The van der Waals surface area contributed by atoms with E-state index in [1.165, 1.54) is 6.07 Å². The molecule has 1 amide bonds. The minimum atomic E-state index is -4.42. The summed E-state index contributed by atoms with van der Waals surface area (Å²) in [7, 11) is 0. The molecule has 1 aliphatic heterocycles.